The number of fused-ring (bicyclic) bond motifs is 1. The molecule has 1 aliphatic rings. The van der Waals surface area contributed by atoms with Crippen molar-refractivity contribution < 1.29 is 13.6 Å². The summed E-state index contributed by atoms with van der Waals surface area (Å²) in [6, 6.07) is 11.8. The fraction of sp³-hybridized carbons (Fsp3) is 0.379. The summed E-state index contributed by atoms with van der Waals surface area (Å²) >= 11 is 0. The van der Waals surface area contributed by atoms with E-state index < -0.39 is 12.3 Å². The molecule has 0 radical (unpaired) electrons. The predicted octanol–water partition coefficient (Wildman–Crippen LogP) is 4.96. The average Bonchev–Trinajstić information content (AvgIpc) is 3.37. The molecule has 210 valence electrons. The quantitative estimate of drug-likeness (QED) is 0.306. The van der Waals surface area contributed by atoms with Crippen molar-refractivity contribution >= 4 is 28.6 Å². The first-order valence-electron chi connectivity index (χ1n) is 13.5. The number of alkyl halides is 2. The highest BCUT2D eigenvalue weighted by atomic mass is 19.3. The lowest BCUT2D eigenvalue weighted by Crippen LogP contribution is -2.44. The molecule has 9 nitrogen and oxygen atoms in total. The van der Waals surface area contributed by atoms with E-state index in [1.165, 1.54) is 6.07 Å². The molecule has 5 rings (SSSR count). The molecule has 1 amide bonds. The summed E-state index contributed by atoms with van der Waals surface area (Å²) < 4.78 is 29.7. The lowest BCUT2D eigenvalue weighted by atomic mass is 10.0. The number of halogens is 2. The maximum Gasteiger partial charge on any atom is 0.264 e. The number of aromatic nitrogens is 4. The van der Waals surface area contributed by atoms with Gasteiger partial charge in [0.15, 0.2) is 0 Å². The van der Waals surface area contributed by atoms with Gasteiger partial charge in [0.2, 0.25) is 5.65 Å². The standard InChI is InChI=1S/C29H34F2N8O/c1-4-39-18-25-28(36-39)35-26(16-32-25)33-19(2)20-6-5-7-23(14-20)34-29(40)21-8-9-22(24(15-21)27(30)31)17-38-12-10-37(3)11-13-38/h5-9,14-16,18-19,27H,4,10-13,17H2,1-3H3,(H,34,40)(H,33,35,36)/t19-/m0/s1. The van der Waals surface area contributed by atoms with E-state index in [-0.39, 0.29) is 17.2 Å². The van der Waals surface area contributed by atoms with Crippen LogP contribution in [0.5, 0.6) is 0 Å². The molecule has 1 atom stereocenters. The summed E-state index contributed by atoms with van der Waals surface area (Å²) in [7, 11) is 2.06. The molecule has 4 aromatic rings. The highest BCUT2D eigenvalue weighted by Crippen LogP contribution is 2.27. The second-order valence-corrected chi connectivity index (χ2v) is 10.2. The van der Waals surface area contributed by atoms with Gasteiger partial charge in [0.1, 0.15) is 11.3 Å². The number of nitrogens with one attached hydrogen (secondary N) is 2. The number of likely N-dealkylation sites (N-methyl/N-ethyl adjacent to an activating group) is 1. The van der Waals surface area contributed by atoms with Crippen LogP contribution >= 0.6 is 0 Å². The minimum Gasteiger partial charge on any atom is -0.362 e. The Bertz CT molecular complexity index is 1480. The molecule has 3 heterocycles. The van der Waals surface area contributed by atoms with Crippen molar-refractivity contribution in [3.63, 3.8) is 0 Å². The molecule has 2 aromatic carbocycles. The zero-order valence-electron chi connectivity index (χ0n) is 22.9. The number of carbonyl (C=O) groups is 1. The Morgan fingerprint density at radius 3 is 2.65 bits per heavy atom. The Kier molecular flexibility index (Phi) is 8.32. The van der Waals surface area contributed by atoms with E-state index in [4.69, 9.17) is 0 Å². The average molecular weight is 549 g/mol. The van der Waals surface area contributed by atoms with Crippen LogP contribution in [0.2, 0.25) is 0 Å². The highest BCUT2D eigenvalue weighted by Gasteiger charge is 2.20. The maximum atomic E-state index is 14.0. The fourth-order valence-corrected chi connectivity index (χ4v) is 4.80. The van der Waals surface area contributed by atoms with E-state index in [9.17, 15) is 13.6 Å². The van der Waals surface area contributed by atoms with Gasteiger partial charge in [-0.2, -0.15) is 5.10 Å². The first kappa shape index (κ1) is 27.6. The number of anilines is 2. The molecule has 1 fully saturated rings. The van der Waals surface area contributed by atoms with Gasteiger partial charge in [0, 0.05) is 56.1 Å². The number of piperazine rings is 1. The molecule has 40 heavy (non-hydrogen) atoms. The van der Waals surface area contributed by atoms with Crippen molar-refractivity contribution in [3.8, 4) is 0 Å². The second kappa shape index (κ2) is 12.1. The summed E-state index contributed by atoms with van der Waals surface area (Å²) in [5.41, 5.74) is 3.43. The zero-order chi connectivity index (χ0) is 28.2. The predicted molar refractivity (Wildman–Crippen MR) is 152 cm³/mol. The second-order valence-electron chi connectivity index (χ2n) is 10.2. The summed E-state index contributed by atoms with van der Waals surface area (Å²) in [5.74, 6) is 0.153. The minimum absolute atomic E-state index is 0.0972. The van der Waals surface area contributed by atoms with Gasteiger partial charge in [-0.1, -0.05) is 18.2 Å². The monoisotopic (exact) mass is 548 g/mol. The van der Waals surface area contributed by atoms with E-state index in [1.807, 2.05) is 38.2 Å². The van der Waals surface area contributed by atoms with Gasteiger partial charge in [-0.3, -0.25) is 14.4 Å². The van der Waals surface area contributed by atoms with Crippen LogP contribution in [0.25, 0.3) is 11.2 Å². The van der Waals surface area contributed by atoms with E-state index in [0.29, 0.717) is 29.3 Å². The first-order valence-corrected chi connectivity index (χ1v) is 13.5. The van der Waals surface area contributed by atoms with E-state index in [1.54, 1.807) is 29.1 Å². The third-order valence-corrected chi connectivity index (χ3v) is 7.24. The Morgan fingerprint density at radius 1 is 1.10 bits per heavy atom. The van der Waals surface area contributed by atoms with Gasteiger partial charge < -0.3 is 15.5 Å². The van der Waals surface area contributed by atoms with Crippen molar-refractivity contribution in [2.24, 2.45) is 0 Å². The van der Waals surface area contributed by atoms with Gasteiger partial charge in [-0.25, -0.2) is 18.7 Å². The maximum absolute atomic E-state index is 14.0. The Hall–Kier alpha value is -3.96. The first-order chi connectivity index (χ1) is 19.3. The molecule has 0 aliphatic carbocycles. The van der Waals surface area contributed by atoms with E-state index in [0.717, 1.165) is 43.8 Å². The molecule has 0 unspecified atom stereocenters. The molecule has 2 N–H and O–H groups in total. The van der Waals surface area contributed by atoms with Crippen LogP contribution in [0.3, 0.4) is 0 Å². The van der Waals surface area contributed by atoms with Gasteiger partial charge in [0.25, 0.3) is 12.3 Å². The molecule has 0 bridgehead atoms. The minimum atomic E-state index is -2.66. The molecular weight excluding hydrogens is 514 g/mol. The number of hydrogen-bond donors (Lipinski definition) is 2. The van der Waals surface area contributed by atoms with Crippen molar-refractivity contribution in [1.82, 2.24) is 29.5 Å². The molecule has 0 saturated carbocycles. The van der Waals surface area contributed by atoms with Gasteiger partial charge in [-0.15, -0.1) is 0 Å². The SMILES string of the molecule is CCn1cc2ncc(N[C@@H](C)c3cccc(NC(=O)c4ccc(CN5CCN(C)CC5)c(C(F)F)c4)c3)nc2n1. The van der Waals surface area contributed by atoms with Crippen LogP contribution < -0.4 is 10.6 Å². The molecular formula is C29H34F2N8O. The van der Waals surface area contributed by atoms with Crippen LogP contribution in [-0.2, 0) is 13.1 Å². The third-order valence-electron chi connectivity index (χ3n) is 7.24. The Labute approximate surface area is 232 Å². The largest absolute Gasteiger partial charge is 0.362 e. The lowest BCUT2D eigenvalue weighted by molar-refractivity contribution is 0.102. The van der Waals surface area contributed by atoms with Crippen LogP contribution in [0.4, 0.5) is 20.3 Å². The molecule has 2 aromatic heterocycles. The molecule has 1 aliphatic heterocycles. The van der Waals surface area contributed by atoms with Crippen LogP contribution in [0, 0.1) is 0 Å². The molecule has 0 spiro atoms. The number of rotatable bonds is 9. The van der Waals surface area contributed by atoms with E-state index in [2.05, 4.69) is 42.5 Å². The van der Waals surface area contributed by atoms with Crippen molar-refractivity contribution in [3.05, 3.63) is 77.1 Å². The van der Waals surface area contributed by atoms with Gasteiger partial charge >= 0.3 is 0 Å². The van der Waals surface area contributed by atoms with Crippen molar-refractivity contribution in [2.45, 2.75) is 39.4 Å². The van der Waals surface area contributed by atoms with Crippen LogP contribution in [0.1, 0.15) is 53.4 Å². The summed E-state index contributed by atoms with van der Waals surface area (Å²) in [5, 5.41) is 10.6. The number of amides is 1. The Balaban J connectivity index is 1.26. The third kappa shape index (κ3) is 6.43. The molecule has 1 saturated heterocycles. The fourth-order valence-electron chi connectivity index (χ4n) is 4.80. The smallest absolute Gasteiger partial charge is 0.264 e. The summed E-state index contributed by atoms with van der Waals surface area (Å²) in [6.07, 6.45) is 0.858. The van der Waals surface area contributed by atoms with E-state index >= 15 is 0 Å². The number of hydrogen-bond acceptors (Lipinski definition) is 7. The topological polar surface area (TPSA) is 91.2 Å². The normalized spacial score (nSPS) is 15.4. The summed E-state index contributed by atoms with van der Waals surface area (Å²) in [4.78, 5) is 26.4. The van der Waals surface area contributed by atoms with Crippen LogP contribution in [-0.4, -0.2) is 68.7 Å². The van der Waals surface area contributed by atoms with Crippen LogP contribution in [0.15, 0.2) is 54.9 Å². The highest BCUT2D eigenvalue weighted by molar-refractivity contribution is 6.04. The number of benzene rings is 2. The Morgan fingerprint density at radius 2 is 1.90 bits per heavy atom. The number of nitrogens with zero attached hydrogens (tertiary/aromatic N) is 6. The number of aryl methyl sites for hydroxylation is 1. The molecule has 11 heteroatoms. The van der Waals surface area contributed by atoms with Crippen molar-refractivity contribution in [2.75, 3.05) is 43.9 Å². The van der Waals surface area contributed by atoms with Gasteiger partial charge in [0.05, 0.1) is 18.4 Å². The number of carbonyl (C=O) groups excluding carboxylic acids is 1. The lowest BCUT2D eigenvalue weighted by Gasteiger charge is -2.32. The zero-order valence-corrected chi connectivity index (χ0v) is 22.9. The van der Waals surface area contributed by atoms with Crippen molar-refractivity contribution in [1.29, 1.82) is 0 Å². The summed E-state index contributed by atoms with van der Waals surface area (Å²) in [6.45, 7) is 8.63. The van der Waals surface area contributed by atoms with Gasteiger partial charge in [-0.05, 0) is 56.3 Å².